The van der Waals surface area contributed by atoms with E-state index in [1.165, 1.54) is 6.07 Å². The normalized spacial score (nSPS) is 10.3. The van der Waals surface area contributed by atoms with Gasteiger partial charge in [0.15, 0.2) is 5.75 Å². The minimum Gasteiger partial charge on any atom is -0.497 e. The van der Waals surface area contributed by atoms with Crippen molar-refractivity contribution in [2.45, 2.75) is 0 Å². The number of ether oxygens (including phenoxy) is 2. The van der Waals surface area contributed by atoms with Crippen LogP contribution in [-0.2, 0) is 0 Å². The first kappa shape index (κ1) is 14.0. The number of benzene rings is 2. The number of nitrogen functional groups attached to an aromatic ring is 1. The van der Waals surface area contributed by atoms with Gasteiger partial charge in [-0.1, -0.05) is 11.6 Å². The average molecular weight is 347 g/mol. The second-order valence-electron chi connectivity index (χ2n) is 3.70. The lowest BCUT2D eigenvalue weighted by molar-refractivity contribution is 0.412. The number of nitrogens with two attached hydrogens (primary N) is 1. The summed E-state index contributed by atoms with van der Waals surface area (Å²) in [6.45, 7) is 0. The fourth-order valence-electron chi connectivity index (χ4n) is 1.44. The lowest BCUT2D eigenvalue weighted by atomic mass is 10.3. The molecule has 6 heteroatoms. The number of hydrogen-bond donors (Lipinski definition) is 1. The van der Waals surface area contributed by atoms with Crippen LogP contribution in [0.1, 0.15) is 0 Å². The van der Waals surface area contributed by atoms with Crippen LogP contribution >= 0.6 is 27.5 Å². The molecule has 2 aromatic rings. The quantitative estimate of drug-likeness (QED) is 0.824. The number of methoxy groups -OCH3 is 1. The van der Waals surface area contributed by atoms with Crippen molar-refractivity contribution < 1.29 is 13.9 Å². The van der Waals surface area contributed by atoms with Gasteiger partial charge in [0.1, 0.15) is 17.3 Å². The molecule has 2 aromatic carbocycles. The molecule has 0 fully saturated rings. The van der Waals surface area contributed by atoms with Crippen molar-refractivity contribution in [1.29, 1.82) is 0 Å². The molecule has 0 spiro atoms. The molecule has 0 heterocycles. The Balaban J connectivity index is 2.33. The van der Waals surface area contributed by atoms with Gasteiger partial charge in [-0.2, -0.15) is 0 Å². The van der Waals surface area contributed by atoms with Crippen LogP contribution in [0.2, 0.25) is 5.02 Å². The predicted molar refractivity (Wildman–Crippen MR) is 76.6 cm³/mol. The molecule has 2 rings (SSSR count). The van der Waals surface area contributed by atoms with Gasteiger partial charge >= 0.3 is 0 Å². The zero-order valence-electron chi connectivity index (χ0n) is 9.91. The van der Waals surface area contributed by atoms with Gasteiger partial charge in [0.05, 0.1) is 22.3 Å². The fraction of sp³-hybridized carbons (Fsp3) is 0.0769. The summed E-state index contributed by atoms with van der Waals surface area (Å²) in [4.78, 5) is 0. The van der Waals surface area contributed by atoms with E-state index in [9.17, 15) is 4.39 Å². The number of halogens is 3. The monoisotopic (exact) mass is 345 g/mol. The zero-order valence-corrected chi connectivity index (χ0v) is 12.3. The van der Waals surface area contributed by atoms with Crippen molar-refractivity contribution in [3.8, 4) is 17.2 Å². The molecule has 3 nitrogen and oxygen atoms in total. The Bertz CT molecular complexity index is 622. The maximum Gasteiger partial charge on any atom is 0.152 e. The van der Waals surface area contributed by atoms with Gasteiger partial charge in [-0.05, 0) is 34.1 Å². The number of rotatable bonds is 3. The standard InChI is InChI=1S/C13H10BrClFNO2/c1-18-7-2-3-12(8(14)4-7)19-13-5-9(15)10(16)6-11(13)17/h2-6H,17H2,1H3. The Morgan fingerprint density at radius 2 is 1.95 bits per heavy atom. The molecular formula is C13H10BrClFNO2. The molecule has 100 valence electrons. The molecule has 0 aliphatic rings. The van der Waals surface area contributed by atoms with Gasteiger partial charge in [-0.3, -0.25) is 0 Å². The summed E-state index contributed by atoms with van der Waals surface area (Å²) >= 11 is 9.05. The number of hydrogen-bond acceptors (Lipinski definition) is 3. The molecule has 0 saturated carbocycles. The highest BCUT2D eigenvalue weighted by atomic mass is 79.9. The highest BCUT2D eigenvalue weighted by molar-refractivity contribution is 9.10. The lowest BCUT2D eigenvalue weighted by Gasteiger charge is -2.11. The molecule has 0 aromatic heterocycles. The van der Waals surface area contributed by atoms with E-state index in [4.69, 9.17) is 26.8 Å². The lowest BCUT2D eigenvalue weighted by Crippen LogP contribution is -1.94. The summed E-state index contributed by atoms with van der Waals surface area (Å²) in [6, 6.07) is 7.65. The van der Waals surface area contributed by atoms with Crippen LogP contribution in [0, 0.1) is 5.82 Å². The molecule has 0 aliphatic heterocycles. The molecule has 0 bridgehead atoms. The summed E-state index contributed by atoms with van der Waals surface area (Å²) in [7, 11) is 1.57. The van der Waals surface area contributed by atoms with Crippen LogP contribution in [0.4, 0.5) is 10.1 Å². The maximum absolute atomic E-state index is 13.2. The van der Waals surface area contributed by atoms with Gasteiger partial charge in [0.25, 0.3) is 0 Å². The molecule has 0 radical (unpaired) electrons. The fourth-order valence-corrected chi connectivity index (χ4v) is 2.03. The molecule has 2 N–H and O–H groups in total. The van der Waals surface area contributed by atoms with Gasteiger partial charge in [-0.15, -0.1) is 0 Å². The predicted octanol–water partition coefficient (Wildman–Crippen LogP) is 4.62. The van der Waals surface area contributed by atoms with Crippen molar-refractivity contribution in [2.24, 2.45) is 0 Å². The van der Waals surface area contributed by atoms with Gasteiger partial charge in [0.2, 0.25) is 0 Å². The smallest absolute Gasteiger partial charge is 0.152 e. The molecule has 0 saturated heterocycles. The maximum atomic E-state index is 13.2. The van der Waals surface area contributed by atoms with Gasteiger partial charge in [-0.25, -0.2) is 4.39 Å². The first-order valence-electron chi connectivity index (χ1n) is 5.27. The first-order valence-corrected chi connectivity index (χ1v) is 6.44. The molecule has 0 atom stereocenters. The van der Waals surface area contributed by atoms with Crippen LogP contribution in [0.25, 0.3) is 0 Å². The third kappa shape index (κ3) is 3.11. The topological polar surface area (TPSA) is 44.5 Å². The summed E-state index contributed by atoms with van der Waals surface area (Å²) in [5, 5.41) is -0.0474. The van der Waals surface area contributed by atoms with Crippen LogP contribution in [0.5, 0.6) is 17.2 Å². The highest BCUT2D eigenvalue weighted by Gasteiger charge is 2.10. The minimum absolute atomic E-state index is 0.0474. The van der Waals surface area contributed by atoms with E-state index < -0.39 is 5.82 Å². The Labute approximate surface area is 123 Å². The Kier molecular flexibility index (Phi) is 4.17. The van der Waals surface area contributed by atoms with E-state index in [1.807, 2.05) is 0 Å². The van der Waals surface area contributed by atoms with Crippen molar-refractivity contribution >= 4 is 33.2 Å². The Morgan fingerprint density at radius 3 is 2.58 bits per heavy atom. The van der Waals surface area contributed by atoms with E-state index in [1.54, 1.807) is 25.3 Å². The van der Waals surface area contributed by atoms with Crippen molar-refractivity contribution in [2.75, 3.05) is 12.8 Å². The first-order chi connectivity index (χ1) is 9.01. The molecule has 0 unspecified atom stereocenters. The minimum atomic E-state index is -0.583. The number of anilines is 1. The second-order valence-corrected chi connectivity index (χ2v) is 4.96. The van der Waals surface area contributed by atoms with Crippen molar-refractivity contribution in [1.82, 2.24) is 0 Å². The van der Waals surface area contributed by atoms with E-state index >= 15 is 0 Å². The van der Waals surface area contributed by atoms with Crippen molar-refractivity contribution in [3.05, 3.63) is 45.6 Å². The molecule has 0 amide bonds. The summed E-state index contributed by atoms with van der Waals surface area (Å²) in [5.41, 5.74) is 5.85. The van der Waals surface area contributed by atoms with Crippen LogP contribution in [0.15, 0.2) is 34.8 Å². The summed E-state index contributed by atoms with van der Waals surface area (Å²) < 4.78 is 24.5. The average Bonchev–Trinajstić information content (AvgIpc) is 2.38. The van der Waals surface area contributed by atoms with Crippen LogP contribution in [-0.4, -0.2) is 7.11 Å². The van der Waals surface area contributed by atoms with E-state index in [2.05, 4.69) is 15.9 Å². The van der Waals surface area contributed by atoms with E-state index in [0.717, 1.165) is 6.07 Å². The van der Waals surface area contributed by atoms with E-state index in [0.29, 0.717) is 16.0 Å². The van der Waals surface area contributed by atoms with Crippen molar-refractivity contribution in [3.63, 3.8) is 0 Å². The Hall–Kier alpha value is -1.46. The molecule has 19 heavy (non-hydrogen) atoms. The Morgan fingerprint density at radius 1 is 1.21 bits per heavy atom. The molecular weight excluding hydrogens is 337 g/mol. The van der Waals surface area contributed by atoms with Crippen LogP contribution < -0.4 is 15.2 Å². The van der Waals surface area contributed by atoms with Crippen LogP contribution in [0.3, 0.4) is 0 Å². The second kappa shape index (κ2) is 5.67. The third-order valence-electron chi connectivity index (χ3n) is 2.41. The summed E-state index contributed by atoms with van der Waals surface area (Å²) in [6.07, 6.45) is 0. The van der Waals surface area contributed by atoms with Gasteiger partial charge in [0, 0.05) is 12.1 Å². The van der Waals surface area contributed by atoms with Gasteiger partial charge < -0.3 is 15.2 Å². The van der Waals surface area contributed by atoms with E-state index in [-0.39, 0.29) is 16.5 Å². The SMILES string of the molecule is COc1ccc(Oc2cc(Cl)c(F)cc2N)c(Br)c1. The summed E-state index contributed by atoms with van der Waals surface area (Å²) in [5.74, 6) is 0.914. The third-order valence-corrected chi connectivity index (χ3v) is 3.32. The highest BCUT2D eigenvalue weighted by Crippen LogP contribution is 2.36. The molecule has 0 aliphatic carbocycles. The largest absolute Gasteiger partial charge is 0.497 e. The zero-order chi connectivity index (χ0) is 14.0.